The number of phenols is 3. The zero-order valence-electron chi connectivity index (χ0n) is 43.2. The fourth-order valence-corrected chi connectivity index (χ4v) is 6.36. The number of oxime groups is 1. The summed E-state index contributed by atoms with van der Waals surface area (Å²) in [5.74, 6) is 1.67. The summed E-state index contributed by atoms with van der Waals surface area (Å²) >= 11 is 0. The Morgan fingerprint density at radius 2 is 0.640 bits per heavy atom. The highest BCUT2D eigenvalue weighted by Gasteiger charge is 2.07. The summed E-state index contributed by atoms with van der Waals surface area (Å²) in [6.07, 6.45) is 25.6. The number of hydrogen-bond donors (Lipinski definition) is 4. The van der Waals surface area contributed by atoms with Gasteiger partial charge in [0.05, 0.1) is 65.7 Å². The van der Waals surface area contributed by atoms with E-state index in [0.717, 1.165) is 109 Å². The minimum absolute atomic E-state index is 0.0460. The molecule has 7 rings (SSSR count). The first-order chi connectivity index (χ1) is 36.8. The van der Waals surface area contributed by atoms with Crippen LogP contribution in [0.2, 0.25) is 0 Å². The molecular weight excluding hydrogens is 949 g/mol. The number of unbranched alkanes of at least 4 members (excludes halogenated alkanes) is 9. The maximum atomic E-state index is 9.08. The molecule has 0 amide bonds. The molecule has 3 heterocycles. The number of phenolic OH excluding ortho intramolecular Hbond substituents is 3. The fourth-order valence-electron chi connectivity index (χ4n) is 6.36. The zero-order chi connectivity index (χ0) is 53.4. The Balaban J connectivity index is 0.000000220. The minimum atomic E-state index is -0.356. The molecule has 0 bridgehead atoms. The maximum Gasteiger partial charge on any atom is 0.131 e. The van der Waals surface area contributed by atoms with E-state index >= 15 is 0 Å². The summed E-state index contributed by atoms with van der Waals surface area (Å²) in [7, 11) is 0. The Bertz CT molecular complexity index is 2410. The van der Waals surface area contributed by atoms with Gasteiger partial charge >= 0.3 is 0 Å². The van der Waals surface area contributed by atoms with Gasteiger partial charge < -0.3 is 34.7 Å². The molecule has 0 radical (unpaired) electrons. The standard InChI is InChI=1S/3C17H21N3O.C7H7NO4/c3*1-2-3-4-5-14-21-17-8-6-15(7-9-17)19-20-16-10-12-18-13-11-16;9-4-1-6(10)5(3-8-12)7(11)2-4/h3*6-13H,2-5,14H2,1H3;1-3,9-12H/b;;;8-3+. The molecule has 0 saturated carbocycles. The predicted molar refractivity (Wildman–Crippen MR) is 294 cm³/mol. The molecule has 394 valence electrons. The van der Waals surface area contributed by atoms with E-state index in [1.54, 1.807) is 37.2 Å². The highest BCUT2D eigenvalue weighted by molar-refractivity contribution is 5.87. The third kappa shape index (κ3) is 26.1. The summed E-state index contributed by atoms with van der Waals surface area (Å²) in [6, 6.07) is 36.0. The molecule has 4 N–H and O–H groups in total. The van der Waals surface area contributed by atoms with Gasteiger partial charge in [0, 0.05) is 49.3 Å². The third-order valence-corrected chi connectivity index (χ3v) is 10.4. The van der Waals surface area contributed by atoms with Crippen molar-refractivity contribution in [2.45, 2.75) is 97.8 Å². The highest BCUT2D eigenvalue weighted by atomic mass is 16.5. The summed E-state index contributed by atoms with van der Waals surface area (Å²) < 4.78 is 17.1. The Kier molecular flexibility index (Phi) is 29.2. The average Bonchev–Trinajstić information content (AvgIpc) is 3.44. The molecule has 0 aliphatic carbocycles. The van der Waals surface area contributed by atoms with Crippen molar-refractivity contribution in [3.8, 4) is 34.5 Å². The summed E-state index contributed by atoms with van der Waals surface area (Å²) in [5.41, 5.74) is 4.76. The molecule has 0 fully saturated rings. The number of pyridine rings is 3. The first-order valence-corrected chi connectivity index (χ1v) is 25.4. The van der Waals surface area contributed by atoms with E-state index < -0.39 is 0 Å². The van der Waals surface area contributed by atoms with Crippen molar-refractivity contribution in [2.24, 2.45) is 35.8 Å². The Morgan fingerprint density at radius 1 is 0.373 bits per heavy atom. The number of azo groups is 3. The van der Waals surface area contributed by atoms with Crippen LogP contribution in [0.15, 0.2) is 194 Å². The second kappa shape index (κ2) is 37.2. The van der Waals surface area contributed by atoms with Crippen molar-refractivity contribution in [1.29, 1.82) is 0 Å². The van der Waals surface area contributed by atoms with Crippen LogP contribution in [0.4, 0.5) is 34.1 Å². The van der Waals surface area contributed by atoms with Crippen LogP contribution in [0.1, 0.15) is 103 Å². The number of ether oxygens (including phenoxy) is 3. The summed E-state index contributed by atoms with van der Waals surface area (Å²) in [4.78, 5) is 11.8. The van der Waals surface area contributed by atoms with Gasteiger partial charge in [-0.25, -0.2) is 0 Å². The first kappa shape index (κ1) is 59.0. The van der Waals surface area contributed by atoms with E-state index in [1.165, 1.54) is 57.8 Å². The SMILES string of the molecule is CCCCCCOc1ccc(N=Nc2ccncc2)cc1.CCCCCCOc1ccc(N=Nc2ccncc2)cc1.CCCCCCOc1ccc(N=Nc2ccncc2)cc1.O/N=C/c1c(O)cc(O)cc1O. The third-order valence-electron chi connectivity index (χ3n) is 10.4. The number of rotatable bonds is 25. The Labute approximate surface area is 440 Å². The van der Waals surface area contributed by atoms with Crippen molar-refractivity contribution in [3.05, 3.63) is 164 Å². The molecular formula is C58H70N10O7. The van der Waals surface area contributed by atoms with E-state index in [-0.39, 0.29) is 22.8 Å². The van der Waals surface area contributed by atoms with Crippen molar-refractivity contribution in [1.82, 2.24) is 15.0 Å². The van der Waals surface area contributed by atoms with Crippen molar-refractivity contribution < 1.29 is 34.7 Å². The van der Waals surface area contributed by atoms with E-state index in [9.17, 15) is 0 Å². The number of benzene rings is 4. The van der Waals surface area contributed by atoms with Gasteiger partial charge in [-0.2, -0.15) is 30.7 Å². The molecule has 75 heavy (non-hydrogen) atoms. The number of aromatic hydroxyl groups is 3. The monoisotopic (exact) mass is 1020 g/mol. The second-order valence-corrected chi connectivity index (χ2v) is 16.6. The second-order valence-electron chi connectivity index (χ2n) is 16.6. The number of hydrogen-bond acceptors (Lipinski definition) is 17. The topological polar surface area (TPSA) is 234 Å². The lowest BCUT2D eigenvalue weighted by molar-refractivity contribution is 0.305. The van der Waals surface area contributed by atoms with Crippen molar-refractivity contribution in [3.63, 3.8) is 0 Å². The number of nitrogens with zero attached hydrogens (tertiary/aromatic N) is 10. The van der Waals surface area contributed by atoms with Crippen molar-refractivity contribution >= 4 is 40.3 Å². The van der Waals surface area contributed by atoms with Gasteiger partial charge in [0.1, 0.15) is 34.5 Å². The lowest BCUT2D eigenvalue weighted by atomic mass is 10.2. The quantitative estimate of drug-likeness (QED) is 0.0139. The van der Waals surface area contributed by atoms with Crippen LogP contribution >= 0.6 is 0 Å². The molecule has 17 nitrogen and oxygen atoms in total. The van der Waals surface area contributed by atoms with Gasteiger partial charge in [-0.15, -0.1) is 0 Å². The first-order valence-electron chi connectivity index (χ1n) is 25.4. The van der Waals surface area contributed by atoms with Crippen molar-refractivity contribution in [2.75, 3.05) is 19.8 Å². The molecule has 3 aromatic heterocycles. The Hall–Kier alpha value is -8.60. The van der Waals surface area contributed by atoms with Gasteiger partial charge in [-0.3, -0.25) is 15.0 Å². The van der Waals surface area contributed by atoms with Crippen LogP contribution in [0.25, 0.3) is 0 Å². The molecule has 7 aromatic rings. The molecule has 0 saturated heterocycles. The average molecular weight is 1020 g/mol. The fraction of sp³-hybridized carbons (Fsp3) is 0.310. The van der Waals surface area contributed by atoms with E-state index in [4.69, 9.17) is 34.7 Å². The molecule has 0 aliphatic heterocycles. The van der Waals surface area contributed by atoms with E-state index in [0.29, 0.717) is 0 Å². The largest absolute Gasteiger partial charge is 0.508 e. The minimum Gasteiger partial charge on any atom is -0.508 e. The predicted octanol–water partition coefficient (Wildman–Crippen LogP) is 17.0. The summed E-state index contributed by atoms with van der Waals surface area (Å²) in [6.45, 7) is 8.95. The summed E-state index contributed by atoms with van der Waals surface area (Å²) in [5, 5.41) is 62.8. The van der Waals surface area contributed by atoms with E-state index in [1.807, 2.05) is 109 Å². The van der Waals surface area contributed by atoms with Gasteiger partial charge in [0.25, 0.3) is 0 Å². The van der Waals surface area contributed by atoms with Gasteiger partial charge in [-0.05, 0) is 128 Å². The van der Waals surface area contributed by atoms with Crippen LogP contribution in [0, 0.1) is 0 Å². The van der Waals surface area contributed by atoms with Crippen LogP contribution in [-0.2, 0) is 0 Å². The molecule has 0 spiro atoms. The maximum absolute atomic E-state index is 9.08. The highest BCUT2D eigenvalue weighted by Crippen LogP contribution is 2.30. The molecule has 0 aliphatic rings. The van der Waals surface area contributed by atoms with Crippen LogP contribution in [0.5, 0.6) is 34.5 Å². The van der Waals surface area contributed by atoms with Crippen LogP contribution in [0.3, 0.4) is 0 Å². The van der Waals surface area contributed by atoms with Gasteiger partial charge in [-0.1, -0.05) is 83.7 Å². The zero-order valence-corrected chi connectivity index (χ0v) is 43.2. The molecule has 0 atom stereocenters. The van der Waals surface area contributed by atoms with E-state index in [2.05, 4.69) is 71.6 Å². The molecule has 4 aromatic carbocycles. The molecule has 0 unspecified atom stereocenters. The molecule has 17 heteroatoms. The van der Waals surface area contributed by atoms with Gasteiger partial charge in [0.2, 0.25) is 0 Å². The Morgan fingerprint density at radius 3 is 0.893 bits per heavy atom. The smallest absolute Gasteiger partial charge is 0.131 e. The lowest BCUT2D eigenvalue weighted by Crippen LogP contribution is -1.96. The van der Waals surface area contributed by atoms with Crippen LogP contribution < -0.4 is 14.2 Å². The normalized spacial score (nSPS) is 10.9. The van der Waals surface area contributed by atoms with Gasteiger partial charge in [0.15, 0.2) is 0 Å². The number of aromatic nitrogens is 3. The van der Waals surface area contributed by atoms with Crippen LogP contribution in [-0.4, -0.2) is 61.5 Å². The lowest BCUT2D eigenvalue weighted by Gasteiger charge is -2.05.